The van der Waals surface area contributed by atoms with E-state index in [2.05, 4.69) is 17.1 Å². The maximum Gasteiger partial charge on any atom is 0.277 e. The Balaban J connectivity index is 1.89. The third-order valence-corrected chi connectivity index (χ3v) is 6.75. The average molecular weight is 357 g/mol. The van der Waals surface area contributed by atoms with Gasteiger partial charge in [0, 0.05) is 11.7 Å². The van der Waals surface area contributed by atoms with Gasteiger partial charge in [0.2, 0.25) is 0 Å². The van der Waals surface area contributed by atoms with Gasteiger partial charge in [-0.2, -0.15) is 10.5 Å². The molecule has 2 fully saturated rings. The van der Waals surface area contributed by atoms with Crippen molar-refractivity contribution in [3.63, 3.8) is 0 Å². The first-order valence-electron chi connectivity index (χ1n) is 7.80. The zero-order valence-corrected chi connectivity index (χ0v) is 14.6. The number of thioether (sulfide) groups is 1. The van der Waals surface area contributed by atoms with Crippen molar-refractivity contribution >= 4 is 17.6 Å². The summed E-state index contributed by atoms with van der Waals surface area (Å²) in [5, 5.41) is 19.1. The molecule has 25 heavy (non-hydrogen) atoms. The highest BCUT2D eigenvalue weighted by Crippen LogP contribution is 2.80. The average Bonchev–Trinajstić information content (AvgIpc) is 2.89. The molecular weight excluding hydrogens is 340 g/mol. The number of nitriles is 2. The van der Waals surface area contributed by atoms with Crippen LogP contribution in [0.1, 0.15) is 11.5 Å². The summed E-state index contributed by atoms with van der Waals surface area (Å²) < 4.78 is 16.6. The van der Waals surface area contributed by atoms with Crippen LogP contribution in [0.5, 0.6) is 11.5 Å². The molecule has 0 bridgehead atoms. The molecule has 0 aromatic heterocycles. The minimum atomic E-state index is -1.13. The summed E-state index contributed by atoms with van der Waals surface area (Å²) in [7, 11) is 3.11. The highest BCUT2D eigenvalue weighted by molar-refractivity contribution is 8.00. The Kier molecular flexibility index (Phi) is 3.24. The number of benzene rings is 1. The van der Waals surface area contributed by atoms with Crippen LogP contribution in [-0.2, 0) is 4.74 Å². The van der Waals surface area contributed by atoms with Gasteiger partial charge in [-0.25, -0.2) is 4.99 Å². The van der Waals surface area contributed by atoms with Crippen molar-refractivity contribution in [1.29, 1.82) is 10.5 Å². The van der Waals surface area contributed by atoms with E-state index in [0.29, 0.717) is 23.9 Å². The summed E-state index contributed by atoms with van der Waals surface area (Å²) in [6.45, 7) is 0.508. The molecule has 2 heterocycles. The van der Waals surface area contributed by atoms with E-state index in [1.165, 1.54) is 11.8 Å². The summed E-state index contributed by atoms with van der Waals surface area (Å²) in [6.07, 6.45) is 0. The van der Waals surface area contributed by atoms with Crippen molar-refractivity contribution < 1.29 is 19.2 Å². The Hall–Kier alpha value is -2.42. The van der Waals surface area contributed by atoms with E-state index in [1.54, 1.807) is 26.4 Å². The molecule has 8 heteroatoms. The molecule has 7 nitrogen and oxygen atoms in total. The molecule has 1 aromatic carbocycles. The fourth-order valence-corrected chi connectivity index (χ4v) is 5.71. The third kappa shape index (κ3) is 1.57. The third-order valence-electron chi connectivity index (χ3n) is 5.44. The van der Waals surface area contributed by atoms with Crippen LogP contribution in [0.15, 0.2) is 18.2 Å². The first-order valence-corrected chi connectivity index (χ1v) is 8.79. The van der Waals surface area contributed by atoms with E-state index < -0.39 is 21.8 Å². The Morgan fingerprint density at radius 3 is 2.60 bits per heavy atom. The van der Waals surface area contributed by atoms with E-state index in [1.807, 2.05) is 6.07 Å². The normalized spacial score (nSPS) is 37.8. The van der Waals surface area contributed by atoms with Gasteiger partial charge in [0.05, 0.1) is 33.0 Å². The lowest BCUT2D eigenvalue weighted by Gasteiger charge is -2.23. The van der Waals surface area contributed by atoms with Gasteiger partial charge >= 0.3 is 0 Å². The van der Waals surface area contributed by atoms with Crippen LogP contribution in [0, 0.1) is 33.5 Å². The topological polar surface area (TPSA) is 115 Å². The van der Waals surface area contributed by atoms with Gasteiger partial charge in [0.15, 0.2) is 22.3 Å². The predicted molar refractivity (Wildman–Crippen MR) is 89.7 cm³/mol. The lowest BCUT2D eigenvalue weighted by Crippen LogP contribution is -2.88. The number of nitrogens with two attached hydrogens (primary N) is 1. The zero-order chi connectivity index (χ0) is 17.9. The summed E-state index contributed by atoms with van der Waals surface area (Å²) in [5.74, 6) is 1.77. The largest absolute Gasteiger partial charge is 0.493 e. The van der Waals surface area contributed by atoms with Crippen molar-refractivity contribution in [2.24, 2.45) is 16.6 Å². The van der Waals surface area contributed by atoms with Crippen molar-refractivity contribution in [1.82, 2.24) is 0 Å². The first kappa shape index (κ1) is 16.1. The highest BCUT2D eigenvalue weighted by atomic mass is 32.2. The monoisotopic (exact) mass is 357 g/mol. The SMILES string of the molecule is COc1ccc([C@H]2[C@@]3(C#N)[C@@]4([NH+]=C(N)[C@@]23C#N)OCCS4)cc1OC. The number of methoxy groups -OCH3 is 2. The Morgan fingerprint density at radius 1 is 1.28 bits per heavy atom. The number of hydrogen-bond acceptors (Lipinski definition) is 7. The quantitative estimate of drug-likeness (QED) is 0.762. The van der Waals surface area contributed by atoms with Crippen LogP contribution >= 0.6 is 11.8 Å². The fourth-order valence-electron chi connectivity index (χ4n) is 4.35. The molecular formula is C17H17N4O3S+. The number of fused-ring (bicyclic) bond motifs is 2. The van der Waals surface area contributed by atoms with Crippen LogP contribution in [0.25, 0.3) is 0 Å². The van der Waals surface area contributed by atoms with Gasteiger partial charge in [-0.1, -0.05) is 17.8 Å². The summed E-state index contributed by atoms with van der Waals surface area (Å²) >= 11 is 1.50. The minimum Gasteiger partial charge on any atom is -0.493 e. The zero-order valence-electron chi connectivity index (χ0n) is 13.8. The number of amidine groups is 1. The van der Waals surface area contributed by atoms with Crippen molar-refractivity contribution in [3.8, 4) is 23.6 Å². The molecule has 1 saturated carbocycles. The molecule has 3 N–H and O–H groups in total. The summed E-state index contributed by atoms with van der Waals surface area (Å²) in [5.41, 5.74) is 4.81. The van der Waals surface area contributed by atoms with Crippen LogP contribution in [0.2, 0.25) is 0 Å². The maximum absolute atomic E-state index is 10.1. The molecule has 128 valence electrons. The molecule has 1 spiro atoms. The summed E-state index contributed by atoms with van der Waals surface area (Å²) in [4.78, 5) is 3.10. The molecule has 1 saturated heterocycles. The smallest absolute Gasteiger partial charge is 0.277 e. The van der Waals surface area contributed by atoms with E-state index >= 15 is 0 Å². The van der Waals surface area contributed by atoms with Crippen LogP contribution < -0.4 is 20.2 Å². The lowest BCUT2D eigenvalue weighted by atomic mass is 9.95. The molecule has 1 aliphatic carbocycles. The number of nitrogens with zero attached hydrogens (tertiary/aromatic N) is 2. The van der Waals surface area contributed by atoms with E-state index in [4.69, 9.17) is 19.9 Å². The van der Waals surface area contributed by atoms with Gasteiger partial charge < -0.3 is 14.2 Å². The van der Waals surface area contributed by atoms with Crippen LogP contribution in [0.4, 0.5) is 0 Å². The van der Waals surface area contributed by atoms with Gasteiger partial charge in [-0.15, -0.1) is 0 Å². The molecule has 4 rings (SSSR count). The Bertz CT molecular complexity index is 868. The van der Waals surface area contributed by atoms with Crippen LogP contribution in [-0.4, -0.2) is 37.5 Å². The highest BCUT2D eigenvalue weighted by Gasteiger charge is 2.96. The van der Waals surface area contributed by atoms with Crippen molar-refractivity contribution in [2.45, 2.75) is 11.0 Å². The number of hydrogen-bond donors (Lipinski definition) is 2. The van der Waals surface area contributed by atoms with Crippen molar-refractivity contribution in [2.75, 3.05) is 26.6 Å². The molecule has 3 aliphatic rings. The molecule has 0 unspecified atom stereocenters. The molecule has 0 radical (unpaired) electrons. The lowest BCUT2D eigenvalue weighted by molar-refractivity contribution is -0.583. The van der Waals surface area contributed by atoms with E-state index in [0.717, 1.165) is 11.3 Å². The van der Waals surface area contributed by atoms with E-state index in [-0.39, 0.29) is 0 Å². The van der Waals surface area contributed by atoms with Crippen molar-refractivity contribution in [3.05, 3.63) is 23.8 Å². The summed E-state index contributed by atoms with van der Waals surface area (Å²) in [6, 6.07) is 10.1. The molecule has 2 aliphatic heterocycles. The Labute approximate surface area is 149 Å². The Morgan fingerprint density at radius 2 is 2.04 bits per heavy atom. The minimum absolute atomic E-state index is 0.297. The first-order chi connectivity index (χ1) is 12.1. The fraction of sp³-hybridized carbons (Fsp3) is 0.471. The van der Waals surface area contributed by atoms with Gasteiger partial charge in [0.1, 0.15) is 0 Å². The maximum atomic E-state index is 10.1. The standard InChI is InChI=1S/C17H16N4O3S/c1-22-11-4-3-10(7-12(11)23-2)13-15(8-18)14(20)21-17(16(13,15)9-19)24-5-6-25-17/h3-4,7,13H,5-6H2,1-2H3,(H2,20,21)/p+1/t13-,15-,16-,17-/m1/s1. The number of rotatable bonds is 3. The number of nitrogens with one attached hydrogen (secondary N) is 1. The second kappa shape index (κ2) is 5.04. The van der Waals surface area contributed by atoms with Crippen LogP contribution in [0.3, 0.4) is 0 Å². The van der Waals surface area contributed by atoms with Gasteiger partial charge in [-0.05, 0) is 17.7 Å². The van der Waals surface area contributed by atoms with Gasteiger partial charge in [-0.3, -0.25) is 5.73 Å². The molecule has 4 atom stereocenters. The predicted octanol–water partition coefficient (Wildman–Crippen LogP) is -0.310. The molecule has 0 amide bonds. The molecule has 1 aromatic rings. The van der Waals surface area contributed by atoms with E-state index in [9.17, 15) is 10.5 Å². The second-order valence-electron chi connectivity index (χ2n) is 6.24. The second-order valence-corrected chi connectivity index (χ2v) is 7.51. The van der Waals surface area contributed by atoms with Gasteiger partial charge in [0.25, 0.3) is 10.9 Å². The number of ether oxygens (including phenoxy) is 3.